The molecule has 0 bridgehead atoms. The van der Waals surface area contributed by atoms with Gasteiger partial charge in [0.2, 0.25) is 11.8 Å². The molecule has 0 fully saturated rings. The van der Waals surface area contributed by atoms with E-state index in [0.717, 1.165) is 11.1 Å². The molecule has 1 rings (SSSR count). The lowest BCUT2D eigenvalue weighted by molar-refractivity contribution is -0.142. The Morgan fingerprint density at radius 1 is 1.19 bits per heavy atom. The number of benzene rings is 1. The van der Waals surface area contributed by atoms with Crippen molar-refractivity contribution in [1.82, 2.24) is 5.32 Å². The largest absolute Gasteiger partial charge is 0.480 e. The van der Waals surface area contributed by atoms with Crippen LogP contribution >= 0.6 is 0 Å². The molecule has 21 heavy (non-hydrogen) atoms. The standard InChI is InChI=1S/C14H19N3O4/c15-8-10-4-2-1-3-9(10)7-13(19)17-11(14(20)21)5-6-12(16)18/h1-4,11H,5-8,15H2,(H2,16,18)(H,17,19)(H,20,21)/t11-/m0/s1. The zero-order chi connectivity index (χ0) is 15.8. The van der Waals surface area contributed by atoms with Gasteiger partial charge >= 0.3 is 5.97 Å². The molecule has 1 aromatic carbocycles. The minimum absolute atomic E-state index is 0.0328. The molecule has 114 valence electrons. The number of amides is 2. The van der Waals surface area contributed by atoms with Gasteiger partial charge < -0.3 is 21.9 Å². The monoisotopic (exact) mass is 293 g/mol. The highest BCUT2D eigenvalue weighted by molar-refractivity contribution is 5.85. The van der Waals surface area contributed by atoms with Crippen LogP contribution < -0.4 is 16.8 Å². The first-order valence-corrected chi connectivity index (χ1v) is 6.51. The second-order valence-corrected chi connectivity index (χ2v) is 4.61. The number of primary amides is 1. The predicted octanol–water partition coefficient (Wildman–Crippen LogP) is -0.477. The molecule has 0 spiro atoms. The van der Waals surface area contributed by atoms with Gasteiger partial charge in [-0.2, -0.15) is 0 Å². The average molecular weight is 293 g/mol. The normalized spacial score (nSPS) is 11.7. The van der Waals surface area contributed by atoms with Crippen molar-refractivity contribution in [2.24, 2.45) is 11.5 Å². The molecule has 0 aliphatic rings. The summed E-state index contributed by atoms with van der Waals surface area (Å²) in [5, 5.41) is 11.4. The van der Waals surface area contributed by atoms with E-state index in [0.29, 0.717) is 6.54 Å². The third-order valence-corrected chi connectivity index (χ3v) is 3.00. The van der Waals surface area contributed by atoms with Crippen LogP contribution in [0.5, 0.6) is 0 Å². The summed E-state index contributed by atoms with van der Waals surface area (Å²) in [6.45, 7) is 0.299. The average Bonchev–Trinajstić information content (AvgIpc) is 2.43. The third-order valence-electron chi connectivity index (χ3n) is 3.00. The van der Waals surface area contributed by atoms with Crippen molar-refractivity contribution in [2.75, 3.05) is 0 Å². The molecule has 0 aliphatic heterocycles. The lowest BCUT2D eigenvalue weighted by Gasteiger charge is -2.14. The molecule has 0 unspecified atom stereocenters. The van der Waals surface area contributed by atoms with Gasteiger partial charge in [0, 0.05) is 13.0 Å². The summed E-state index contributed by atoms with van der Waals surface area (Å²) in [6, 6.07) is 6.04. The number of nitrogens with two attached hydrogens (primary N) is 2. The maximum atomic E-state index is 11.9. The molecule has 0 radical (unpaired) electrons. The van der Waals surface area contributed by atoms with E-state index < -0.39 is 23.8 Å². The fourth-order valence-electron chi connectivity index (χ4n) is 1.89. The van der Waals surface area contributed by atoms with Crippen LogP contribution in [0, 0.1) is 0 Å². The van der Waals surface area contributed by atoms with Crippen LogP contribution in [0.25, 0.3) is 0 Å². The van der Waals surface area contributed by atoms with Gasteiger partial charge in [-0.15, -0.1) is 0 Å². The van der Waals surface area contributed by atoms with Gasteiger partial charge in [0.15, 0.2) is 0 Å². The first-order chi connectivity index (χ1) is 9.93. The van der Waals surface area contributed by atoms with E-state index in [-0.39, 0.29) is 19.3 Å². The Labute approximate surface area is 122 Å². The zero-order valence-electron chi connectivity index (χ0n) is 11.5. The summed E-state index contributed by atoms with van der Waals surface area (Å²) in [5.74, 6) is -2.24. The Hall–Kier alpha value is -2.41. The Balaban J connectivity index is 2.65. The van der Waals surface area contributed by atoms with Gasteiger partial charge in [-0.3, -0.25) is 9.59 Å². The number of carboxylic acid groups (broad SMARTS) is 1. The number of aliphatic carboxylic acids is 1. The van der Waals surface area contributed by atoms with Crippen molar-refractivity contribution in [1.29, 1.82) is 0 Å². The highest BCUT2D eigenvalue weighted by atomic mass is 16.4. The molecule has 1 atom stereocenters. The van der Waals surface area contributed by atoms with E-state index in [9.17, 15) is 14.4 Å². The van der Waals surface area contributed by atoms with Crippen LogP contribution in [0.3, 0.4) is 0 Å². The van der Waals surface area contributed by atoms with E-state index in [1.54, 1.807) is 12.1 Å². The Morgan fingerprint density at radius 3 is 2.33 bits per heavy atom. The van der Waals surface area contributed by atoms with Crippen LogP contribution in [-0.4, -0.2) is 28.9 Å². The van der Waals surface area contributed by atoms with Gasteiger partial charge in [-0.25, -0.2) is 4.79 Å². The van der Waals surface area contributed by atoms with E-state index >= 15 is 0 Å². The number of carbonyl (C=O) groups is 3. The van der Waals surface area contributed by atoms with Crippen molar-refractivity contribution < 1.29 is 19.5 Å². The van der Waals surface area contributed by atoms with Gasteiger partial charge in [0.05, 0.1) is 6.42 Å². The first kappa shape index (κ1) is 16.6. The van der Waals surface area contributed by atoms with Crippen LogP contribution in [0.15, 0.2) is 24.3 Å². The summed E-state index contributed by atoms with van der Waals surface area (Å²) in [4.78, 5) is 33.6. The second-order valence-electron chi connectivity index (χ2n) is 4.61. The number of nitrogens with one attached hydrogen (secondary N) is 1. The number of rotatable bonds is 8. The quantitative estimate of drug-likeness (QED) is 0.513. The lowest BCUT2D eigenvalue weighted by Crippen LogP contribution is -2.42. The maximum Gasteiger partial charge on any atom is 0.326 e. The van der Waals surface area contributed by atoms with Crippen molar-refractivity contribution in [3.8, 4) is 0 Å². The molecule has 6 N–H and O–H groups in total. The van der Waals surface area contributed by atoms with Crippen molar-refractivity contribution in [2.45, 2.75) is 31.8 Å². The van der Waals surface area contributed by atoms with Crippen LogP contribution in [-0.2, 0) is 27.3 Å². The minimum atomic E-state index is -1.20. The van der Waals surface area contributed by atoms with Gasteiger partial charge in [-0.1, -0.05) is 24.3 Å². The molecule has 0 saturated carbocycles. The lowest BCUT2D eigenvalue weighted by atomic mass is 10.0. The molecule has 0 heterocycles. The van der Waals surface area contributed by atoms with Crippen molar-refractivity contribution >= 4 is 17.8 Å². The van der Waals surface area contributed by atoms with Crippen LogP contribution in [0.2, 0.25) is 0 Å². The number of hydrogen-bond donors (Lipinski definition) is 4. The van der Waals surface area contributed by atoms with Gasteiger partial charge in [-0.05, 0) is 17.5 Å². The number of hydrogen-bond acceptors (Lipinski definition) is 4. The summed E-state index contributed by atoms with van der Waals surface area (Å²) in [6.07, 6.45) is -0.0979. The van der Waals surface area contributed by atoms with Gasteiger partial charge in [0.25, 0.3) is 0 Å². The Morgan fingerprint density at radius 2 is 1.81 bits per heavy atom. The number of carbonyl (C=O) groups excluding carboxylic acids is 2. The highest BCUT2D eigenvalue weighted by Gasteiger charge is 2.20. The summed E-state index contributed by atoms with van der Waals surface area (Å²) in [7, 11) is 0. The highest BCUT2D eigenvalue weighted by Crippen LogP contribution is 2.09. The maximum absolute atomic E-state index is 11.9. The second kappa shape index (κ2) is 8.01. The molecular weight excluding hydrogens is 274 g/mol. The van der Waals surface area contributed by atoms with Gasteiger partial charge in [0.1, 0.15) is 6.04 Å². The topological polar surface area (TPSA) is 136 Å². The fraction of sp³-hybridized carbons (Fsp3) is 0.357. The predicted molar refractivity (Wildman–Crippen MR) is 76.0 cm³/mol. The smallest absolute Gasteiger partial charge is 0.326 e. The Bertz CT molecular complexity index is 531. The zero-order valence-corrected chi connectivity index (χ0v) is 11.5. The van der Waals surface area contributed by atoms with Crippen LogP contribution in [0.1, 0.15) is 24.0 Å². The summed E-state index contributed by atoms with van der Waals surface area (Å²) >= 11 is 0. The fourth-order valence-corrected chi connectivity index (χ4v) is 1.89. The molecule has 7 nitrogen and oxygen atoms in total. The van der Waals surface area contributed by atoms with Crippen molar-refractivity contribution in [3.05, 3.63) is 35.4 Å². The molecule has 0 saturated heterocycles. The Kier molecular flexibility index (Phi) is 6.35. The first-order valence-electron chi connectivity index (χ1n) is 6.51. The minimum Gasteiger partial charge on any atom is -0.480 e. The van der Waals surface area contributed by atoms with E-state index in [1.165, 1.54) is 0 Å². The molecule has 2 amide bonds. The third kappa shape index (κ3) is 5.62. The van der Waals surface area contributed by atoms with Crippen molar-refractivity contribution in [3.63, 3.8) is 0 Å². The summed E-state index contributed by atoms with van der Waals surface area (Å²) < 4.78 is 0. The molecule has 7 heteroatoms. The molecule has 0 aromatic heterocycles. The number of carboxylic acids is 1. The molecule has 0 aliphatic carbocycles. The van der Waals surface area contributed by atoms with E-state index in [2.05, 4.69) is 5.32 Å². The molecule has 1 aromatic rings. The van der Waals surface area contributed by atoms with E-state index in [4.69, 9.17) is 16.6 Å². The molecular formula is C14H19N3O4. The van der Waals surface area contributed by atoms with Crippen LogP contribution in [0.4, 0.5) is 0 Å². The summed E-state index contributed by atoms with van der Waals surface area (Å²) in [5.41, 5.74) is 12.1. The SMILES string of the molecule is NCc1ccccc1CC(=O)N[C@@H](CCC(N)=O)C(=O)O. The van der Waals surface area contributed by atoms with E-state index in [1.807, 2.05) is 12.1 Å².